The lowest BCUT2D eigenvalue weighted by atomic mass is 9.33. The molecule has 0 spiro atoms. The van der Waals surface area contributed by atoms with Crippen LogP contribution >= 0.6 is 0 Å². The van der Waals surface area contributed by atoms with Crippen molar-refractivity contribution in [2.45, 2.75) is 69.2 Å². The molecule has 0 atom stereocenters. The van der Waals surface area contributed by atoms with Gasteiger partial charge in [-0.25, -0.2) is 0 Å². The summed E-state index contributed by atoms with van der Waals surface area (Å²) in [6.07, 6.45) is 0. The molecule has 2 aliphatic rings. The van der Waals surface area contributed by atoms with Gasteiger partial charge in [-0.3, -0.25) is 0 Å². The molecule has 3 nitrogen and oxygen atoms in total. The quantitative estimate of drug-likeness (QED) is 0.113. The molecule has 14 aromatic rings. The molecule has 0 amide bonds. The topological polar surface area (TPSA) is 9.72 Å². The number of para-hydroxylation sites is 1. The SMILES string of the molecule is Cc1cccc(C)c1-c1ccc(N(c2ccc(-c3c(C)cccc3C)cc2)c2ccc3c(c2)N(c2c(-c4ccccc4)cccc2-c2ccccc2)c2cc(-c4c(C)cccc4C)cc4c2B3c2cc(-c3c(C)cccc3C)ccc2N4c2ccc(-c3c(C)cccc3C)cc2)cc1. The van der Waals surface area contributed by atoms with Crippen LogP contribution in [0.2, 0.25) is 0 Å². The molecule has 16 rings (SSSR count). The van der Waals surface area contributed by atoms with Gasteiger partial charge in [-0.05, 0) is 275 Å². The molecule has 0 saturated heterocycles. The average Bonchev–Trinajstić information content (AvgIpc) is 0.690. The molecule has 472 valence electrons. The Labute approximate surface area is 579 Å². The Morgan fingerprint density at radius 3 is 1.02 bits per heavy atom. The van der Waals surface area contributed by atoms with Crippen molar-refractivity contribution < 1.29 is 0 Å². The number of fused-ring (bicyclic) bond motifs is 4. The monoisotopic (exact) mass is 1260 g/mol. The highest BCUT2D eigenvalue weighted by Gasteiger charge is 2.45. The molecule has 14 aromatic carbocycles. The van der Waals surface area contributed by atoms with E-state index in [9.17, 15) is 0 Å². The molecular formula is C94H78BN3. The highest BCUT2D eigenvalue weighted by Crippen LogP contribution is 2.53. The van der Waals surface area contributed by atoms with Crippen molar-refractivity contribution in [2.75, 3.05) is 14.7 Å². The second kappa shape index (κ2) is 25.0. The van der Waals surface area contributed by atoms with Gasteiger partial charge in [0.05, 0.1) is 5.69 Å². The first-order valence-electron chi connectivity index (χ1n) is 34.5. The highest BCUT2D eigenvalue weighted by molar-refractivity contribution is 7.00. The first-order chi connectivity index (χ1) is 47.8. The van der Waals surface area contributed by atoms with Crippen LogP contribution in [0.5, 0.6) is 0 Å². The van der Waals surface area contributed by atoms with Crippen LogP contribution in [-0.2, 0) is 0 Å². The summed E-state index contributed by atoms with van der Waals surface area (Å²) in [6.45, 7) is 22.2. The van der Waals surface area contributed by atoms with Gasteiger partial charge in [-0.15, -0.1) is 0 Å². The van der Waals surface area contributed by atoms with Crippen molar-refractivity contribution in [2.24, 2.45) is 0 Å². The zero-order valence-electron chi connectivity index (χ0n) is 57.6. The maximum Gasteiger partial charge on any atom is 0.252 e. The third-order valence-electron chi connectivity index (χ3n) is 21.0. The lowest BCUT2D eigenvalue weighted by Crippen LogP contribution is -2.61. The summed E-state index contributed by atoms with van der Waals surface area (Å²) in [4.78, 5) is 7.76. The fourth-order valence-electron chi connectivity index (χ4n) is 16.6. The standard InChI is InChI=1S/C94H78BN3/c1-59-23-17-24-60(2)88(59)71-39-46-76(47-40-71)96(77-48-41-72(42-49-77)89-61(3)25-18-26-62(89)4)79-52-53-82-85(58-79)98(94-80(69-33-13-11-14-34-69)37-22-38-81(94)70-35-15-12-16-36-70)87-57-75(92-67(9)31-21-32-68(92)10)56-86-93(87)95(82)83-55-74(91-65(7)29-20-30-66(91)8)45-54-84(83)97(86)78-50-43-73(44-51-78)90-63(5)27-19-28-64(90)6/h11-58H,1-10H3. The summed E-state index contributed by atoms with van der Waals surface area (Å²) < 4.78 is 0. The van der Waals surface area contributed by atoms with Crippen LogP contribution in [0.3, 0.4) is 0 Å². The van der Waals surface area contributed by atoms with E-state index in [4.69, 9.17) is 0 Å². The Bertz CT molecular complexity index is 5180. The molecule has 0 fully saturated rings. The van der Waals surface area contributed by atoms with Crippen molar-refractivity contribution in [3.8, 4) is 77.9 Å². The summed E-state index contributed by atoms with van der Waals surface area (Å²) in [6, 6.07) is 110. The zero-order chi connectivity index (χ0) is 67.0. The third-order valence-corrected chi connectivity index (χ3v) is 21.0. The van der Waals surface area contributed by atoms with Gasteiger partial charge in [-0.2, -0.15) is 0 Å². The maximum atomic E-state index is 2.69. The van der Waals surface area contributed by atoms with Gasteiger partial charge in [0.15, 0.2) is 0 Å². The lowest BCUT2D eigenvalue weighted by Gasteiger charge is -2.45. The second-order valence-corrected chi connectivity index (χ2v) is 27.3. The Morgan fingerprint density at radius 2 is 0.592 bits per heavy atom. The van der Waals surface area contributed by atoms with Crippen LogP contribution in [0.4, 0.5) is 51.2 Å². The number of nitrogens with zero attached hydrogens (tertiary/aromatic N) is 3. The summed E-state index contributed by atoms with van der Waals surface area (Å²) in [5.74, 6) is 0. The highest BCUT2D eigenvalue weighted by atomic mass is 15.2. The third kappa shape index (κ3) is 10.5. The molecule has 98 heavy (non-hydrogen) atoms. The molecule has 2 heterocycles. The van der Waals surface area contributed by atoms with E-state index < -0.39 is 0 Å². The first-order valence-corrected chi connectivity index (χ1v) is 34.5. The number of benzene rings is 14. The number of aryl methyl sites for hydroxylation is 10. The van der Waals surface area contributed by atoms with Crippen molar-refractivity contribution in [3.05, 3.63) is 347 Å². The van der Waals surface area contributed by atoms with E-state index in [2.05, 4.69) is 375 Å². The first kappa shape index (κ1) is 61.4. The van der Waals surface area contributed by atoms with Gasteiger partial charge in [0.25, 0.3) is 6.71 Å². The number of hydrogen-bond acceptors (Lipinski definition) is 3. The van der Waals surface area contributed by atoms with Gasteiger partial charge in [0.1, 0.15) is 0 Å². The minimum absolute atomic E-state index is 0.206. The minimum Gasteiger partial charge on any atom is -0.311 e. The van der Waals surface area contributed by atoms with Crippen LogP contribution in [0.1, 0.15) is 55.6 Å². The molecule has 0 aliphatic carbocycles. The Kier molecular flexibility index (Phi) is 15.6. The summed E-state index contributed by atoms with van der Waals surface area (Å²) >= 11 is 0. The van der Waals surface area contributed by atoms with E-state index in [1.54, 1.807) is 0 Å². The maximum absolute atomic E-state index is 2.69. The van der Waals surface area contributed by atoms with Crippen LogP contribution < -0.4 is 31.1 Å². The van der Waals surface area contributed by atoms with Gasteiger partial charge < -0.3 is 14.7 Å². The van der Waals surface area contributed by atoms with Crippen LogP contribution in [0.25, 0.3) is 77.9 Å². The van der Waals surface area contributed by atoms with E-state index >= 15 is 0 Å². The fourth-order valence-corrected chi connectivity index (χ4v) is 16.6. The number of anilines is 9. The number of hydrogen-bond donors (Lipinski definition) is 0. The van der Waals surface area contributed by atoms with Crippen LogP contribution in [-0.4, -0.2) is 6.71 Å². The van der Waals surface area contributed by atoms with E-state index in [0.717, 1.165) is 73.4 Å². The van der Waals surface area contributed by atoms with Crippen molar-refractivity contribution in [1.29, 1.82) is 0 Å². The van der Waals surface area contributed by atoms with Crippen LogP contribution in [0.15, 0.2) is 291 Å². The Morgan fingerprint density at radius 1 is 0.235 bits per heavy atom. The fraction of sp³-hybridized carbons (Fsp3) is 0.106. The van der Waals surface area contributed by atoms with Gasteiger partial charge in [-0.1, -0.05) is 224 Å². The molecule has 0 unspecified atom stereocenters. The van der Waals surface area contributed by atoms with Gasteiger partial charge >= 0.3 is 0 Å². The van der Waals surface area contributed by atoms with Gasteiger partial charge in [0.2, 0.25) is 0 Å². The second-order valence-electron chi connectivity index (χ2n) is 27.3. The van der Waals surface area contributed by atoms with Crippen molar-refractivity contribution in [1.82, 2.24) is 0 Å². The molecular weight excluding hydrogens is 1180 g/mol. The molecule has 4 heteroatoms. The summed E-state index contributed by atoms with van der Waals surface area (Å²) in [7, 11) is 0. The zero-order valence-corrected chi connectivity index (χ0v) is 57.6. The molecule has 0 aromatic heterocycles. The van der Waals surface area contributed by atoms with E-state index in [0.29, 0.717) is 0 Å². The predicted molar refractivity (Wildman–Crippen MR) is 421 cm³/mol. The predicted octanol–water partition coefficient (Wildman–Crippen LogP) is 24.0. The van der Waals surface area contributed by atoms with Crippen molar-refractivity contribution in [3.63, 3.8) is 0 Å². The smallest absolute Gasteiger partial charge is 0.252 e. The van der Waals surface area contributed by atoms with E-state index in [1.807, 2.05) is 0 Å². The molecule has 0 saturated carbocycles. The number of rotatable bonds is 12. The minimum atomic E-state index is -0.206. The van der Waals surface area contributed by atoms with Crippen molar-refractivity contribution >= 4 is 74.3 Å². The summed E-state index contributed by atoms with van der Waals surface area (Å²) in [5.41, 5.74) is 43.2. The Hall–Kier alpha value is -11.5. The lowest BCUT2D eigenvalue weighted by molar-refractivity contribution is 1.24. The van der Waals surface area contributed by atoms with Crippen LogP contribution in [0, 0.1) is 69.2 Å². The Balaban J connectivity index is 1.02. The molecule has 0 radical (unpaired) electrons. The van der Waals surface area contributed by atoms with Gasteiger partial charge in [0, 0.05) is 56.6 Å². The molecule has 0 N–H and O–H groups in total. The average molecular weight is 1260 g/mol. The van der Waals surface area contributed by atoms with E-state index in [1.165, 1.54) is 128 Å². The largest absolute Gasteiger partial charge is 0.311 e. The van der Waals surface area contributed by atoms with E-state index in [-0.39, 0.29) is 6.71 Å². The molecule has 2 aliphatic heterocycles. The normalized spacial score (nSPS) is 12.1. The summed E-state index contributed by atoms with van der Waals surface area (Å²) in [5, 5.41) is 0. The molecule has 0 bridgehead atoms.